The molecule has 0 unspecified atom stereocenters. The van der Waals surface area contributed by atoms with Crippen LogP contribution in [0, 0.1) is 0 Å². The lowest BCUT2D eigenvalue weighted by atomic mass is 10.0. The molecule has 0 atom stereocenters. The normalized spacial score (nSPS) is 10.6. The lowest BCUT2D eigenvalue weighted by Crippen LogP contribution is -2.42. The van der Waals surface area contributed by atoms with Gasteiger partial charge in [-0.15, -0.1) is 0 Å². The van der Waals surface area contributed by atoms with Crippen LogP contribution < -0.4 is 10.6 Å². The molecule has 0 fully saturated rings. The van der Waals surface area contributed by atoms with Gasteiger partial charge in [-0.25, -0.2) is 24.5 Å². The van der Waals surface area contributed by atoms with Crippen molar-refractivity contribution in [2.45, 2.75) is 12.6 Å². The highest BCUT2D eigenvalue weighted by atomic mass is 16.6. The minimum atomic E-state index is -1.23. The van der Waals surface area contributed by atoms with Gasteiger partial charge in [-0.2, -0.15) is 0 Å². The van der Waals surface area contributed by atoms with E-state index in [-0.39, 0.29) is 43.2 Å². The predicted octanol–water partition coefficient (Wildman–Crippen LogP) is 2.99. The first-order valence-electron chi connectivity index (χ1n) is 13.1. The fourth-order valence-electron chi connectivity index (χ4n) is 4.08. The van der Waals surface area contributed by atoms with E-state index < -0.39 is 36.7 Å². The molecule has 0 saturated carbocycles. The van der Waals surface area contributed by atoms with E-state index in [0.717, 1.165) is 16.0 Å². The maximum Gasteiger partial charge on any atom is 0.413 e. The number of carbonyl (C=O) groups excluding carboxylic acids is 3. The van der Waals surface area contributed by atoms with E-state index in [0.29, 0.717) is 0 Å². The highest BCUT2D eigenvalue weighted by molar-refractivity contribution is 5.94. The SMILES string of the molecule is C=CCOC(=O)NCCN(CC(=O)O)C(=O)Cn1cnc2c(NC(=O)OC(c3ccccc3)c3ccccc3)ncnc21. The predicted molar refractivity (Wildman–Crippen MR) is 154 cm³/mol. The van der Waals surface area contributed by atoms with Crippen LogP contribution in [0.25, 0.3) is 11.2 Å². The summed E-state index contributed by atoms with van der Waals surface area (Å²) < 4.78 is 12.0. The van der Waals surface area contributed by atoms with Crippen molar-refractivity contribution in [1.29, 1.82) is 0 Å². The summed E-state index contributed by atoms with van der Waals surface area (Å²) in [5, 5.41) is 14.3. The van der Waals surface area contributed by atoms with E-state index in [1.807, 2.05) is 60.7 Å². The molecule has 0 aliphatic rings. The quantitative estimate of drug-likeness (QED) is 0.197. The molecule has 14 heteroatoms. The number of imidazole rings is 1. The lowest BCUT2D eigenvalue weighted by molar-refractivity contribution is -0.144. The molecule has 4 rings (SSSR count). The number of aliphatic carboxylic acids is 1. The first kappa shape index (κ1) is 30.2. The average molecular weight is 588 g/mol. The number of nitrogens with one attached hydrogen (secondary N) is 2. The Labute approximate surface area is 246 Å². The molecule has 0 radical (unpaired) electrons. The van der Waals surface area contributed by atoms with Crippen molar-refractivity contribution >= 4 is 41.0 Å². The van der Waals surface area contributed by atoms with Crippen LogP contribution in [0.1, 0.15) is 17.2 Å². The largest absolute Gasteiger partial charge is 0.480 e. The van der Waals surface area contributed by atoms with Crippen LogP contribution in [0.3, 0.4) is 0 Å². The van der Waals surface area contributed by atoms with Crippen molar-refractivity contribution in [2.24, 2.45) is 0 Å². The highest BCUT2D eigenvalue weighted by Crippen LogP contribution is 2.27. The zero-order valence-electron chi connectivity index (χ0n) is 23.0. The van der Waals surface area contributed by atoms with Gasteiger partial charge in [0.2, 0.25) is 5.91 Å². The standard InChI is InChI=1S/C29H29N7O7/c1-2-15-42-28(40)30-13-14-35(17-23(38)39)22(37)16-36-19-33-24-26(31-18-32-27(24)36)34-29(41)43-25(20-9-5-3-6-10-20)21-11-7-4-8-12-21/h2-12,18-19,25H,1,13-17H2,(H,30,40)(H,38,39)(H,31,32,34,41). The van der Waals surface area contributed by atoms with Crippen molar-refractivity contribution < 1.29 is 33.8 Å². The van der Waals surface area contributed by atoms with Gasteiger partial charge in [0, 0.05) is 13.1 Å². The second-order valence-electron chi connectivity index (χ2n) is 9.02. The molecular formula is C29H29N7O7. The maximum atomic E-state index is 13.0. The number of hydrogen-bond acceptors (Lipinski definition) is 9. The number of aromatic nitrogens is 4. The van der Waals surface area contributed by atoms with Crippen molar-refractivity contribution in [3.63, 3.8) is 0 Å². The summed E-state index contributed by atoms with van der Waals surface area (Å²) in [6, 6.07) is 18.5. The third kappa shape index (κ3) is 8.36. The lowest BCUT2D eigenvalue weighted by Gasteiger charge is -2.21. The van der Waals surface area contributed by atoms with E-state index >= 15 is 0 Å². The van der Waals surface area contributed by atoms with Crippen LogP contribution >= 0.6 is 0 Å². The number of anilines is 1. The molecule has 0 saturated heterocycles. The van der Waals surface area contributed by atoms with E-state index in [1.54, 1.807) is 0 Å². The first-order valence-corrected chi connectivity index (χ1v) is 13.1. The van der Waals surface area contributed by atoms with Crippen molar-refractivity contribution in [2.75, 3.05) is 31.6 Å². The third-order valence-corrected chi connectivity index (χ3v) is 6.02. The summed E-state index contributed by atoms with van der Waals surface area (Å²) in [6.45, 7) is 2.43. The Kier molecular flexibility index (Phi) is 10.3. The van der Waals surface area contributed by atoms with Crippen LogP contribution in [0.5, 0.6) is 0 Å². The molecule has 3 N–H and O–H groups in total. The molecular weight excluding hydrogens is 558 g/mol. The smallest absolute Gasteiger partial charge is 0.413 e. The Morgan fingerprint density at radius 1 is 0.977 bits per heavy atom. The number of carboxylic acids is 1. The monoisotopic (exact) mass is 587 g/mol. The zero-order chi connectivity index (χ0) is 30.6. The molecule has 43 heavy (non-hydrogen) atoms. The molecule has 2 aromatic heterocycles. The number of alkyl carbamates (subject to hydrolysis) is 1. The second kappa shape index (κ2) is 14.7. The summed E-state index contributed by atoms with van der Waals surface area (Å²) in [5.74, 6) is -1.73. The molecule has 0 spiro atoms. The van der Waals surface area contributed by atoms with Gasteiger partial charge < -0.3 is 29.4 Å². The molecule has 0 bridgehead atoms. The van der Waals surface area contributed by atoms with Crippen LogP contribution in [-0.2, 0) is 25.6 Å². The van der Waals surface area contributed by atoms with Gasteiger partial charge in [0.1, 0.15) is 26.0 Å². The molecule has 4 aromatic rings. The number of nitrogens with zero attached hydrogens (tertiary/aromatic N) is 5. The molecule has 222 valence electrons. The van der Waals surface area contributed by atoms with Crippen LogP contribution in [0.15, 0.2) is 86.0 Å². The number of fused-ring (bicyclic) bond motifs is 1. The number of carbonyl (C=O) groups is 4. The number of rotatable bonds is 13. The first-order chi connectivity index (χ1) is 20.9. The Balaban J connectivity index is 1.45. The van der Waals surface area contributed by atoms with Crippen molar-refractivity contribution in [3.05, 3.63) is 97.1 Å². The van der Waals surface area contributed by atoms with Crippen LogP contribution in [0.4, 0.5) is 15.4 Å². The van der Waals surface area contributed by atoms with E-state index in [2.05, 4.69) is 32.2 Å². The minimum Gasteiger partial charge on any atom is -0.480 e. The molecule has 2 aromatic carbocycles. The van der Waals surface area contributed by atoms with Gasteiger partial charge in [-0.05, 0) is 11.1 Å². The Bertz CT molecular complexity index is 1540. The number of ether oxygens (including phenoxy) is 2. The summed E-state index contributed by atoms with van der Waals surface area (Å²) in [5.41, 5.74) is 1.96. The number of amides is 3. The van der Waals surface area contributed by atoms with Gasteiger partial charge in [-0.3, -0.25) is 14.9 Å². The van der Waals surface area contributed by atoms with Crippen molar-refractivity contribution in [1.82, 2.24) is 29.7 Å². The molecule has 2 heterocycles. The molecule has 0 aliphatic heterocycles. The number of hydrogen-bond donors (Lipinski definition) is 3. The number of benzene rings is 2. The summed E-state index contributed by atoms with van der Waals surface area (Å²) >= 11 is 0. The topological polar surface area (TPSA) is 178 Å². The second-order valence-corrected chi connectivity index (χ2v) is 9.02. The summed E-state index contributed by atoms with van der Waals surface area (Å²) in [6.07, 6.45) is 1.73. The molecule has 14 nitrogen and oxygen atoms in total. The summed E-state index contributed by atoms with van der Waals surface area (Å²) in [4.78, 5) is 62.6. The fourth-order valence-corrected chi connectivity index (χ4v) is 4.08. The van der Waals surface area contributed by atoms with Crippen LogP contribution in [-0.4, -0.2) is 79.8 Å². The third-order valence-electron chi connectivity index (χ3n) is 6.02. The van der Waals surface area contributed by atoms with Gasteiger partial charge >= 0.3 is 18.2 Å². The van der Waals surface area contributed by atoms with Gasteiger partial charge in [0.25, 0.3) is 0 Å². The highest BCUT2D eigenvalue weighted by Gasteiger charge is 2.22. The summed E-state index contributed by atoms with van der Waals surface area (Å²) in [7, 11) is 0. The van der Waals surface area contributed by atoms with Crippen LogP contribution in [0.2, 0.25) is 0 Å². The average Bonchev–Trinajstić information content (AvgIpc) is 3.42. The van der Waals surface area contributed by atoms with E-state index in [1.165, 1.54) is 23.3 Å². The van der Waals surface area contributed by atoms with E-state index in [9.17, 15) is 24.3 Å². The molecule has 3 amide bonds. The van der Waals surface area contributed by atoms with Gasteiger partial charge in [-0.1, -0.05) is 73.3 Å². The van der Waals surface area contributed by atoms with Gasteiger partial charge in [0.15, 0.2) is 23.1 Å². The van der Waals surface area contributed by atoms with E-state index in [4.69, 9.17) is 9.47 Å². The Hall–Kier alpha value is -5.79. The van der Waals surface area contributed by atoms with Crippen molar-refractivity contribution in [3.8, 4) is 0 Å². The zero-order valence-corrected chi connectivity index (χ0v) is 23.0. The fraction of sp³-hybridized carbons (Fsp3) is 0.207. The number of carboxylic acid groups (broad SMARTS) is 1. The maximum absolute atomic E-state index is 13.0. The van der Waals surface area contributed by atoms with Gasteiger partial charge in [0.05, 0.1) is 6.33 Å². The Morgan fingerprint density at radius 2 is 1.65 bits per heavy atom. The minimum absolute atomic E-state index is 0.00830. The molecule has 0 aliphatic carbocycles. The Morgan fingerprint density at radius 3 is 2.28 bits per heavy atom.